The van der Waals surface area contributed by atoms with Crippen molar-refractivity contribution >= 4 is 23.2 Å². The van der Waals surface area contributed by atoms with E-state index >= 15 is 0 Å². The van der Waals surface area contributed by atoms with Gasteiger partial charge in [0, 0.05) is 18.0 Å². The summed E-state index contributed by atoms with van der Waals surface area (Å²) >= 11 is 0. The average Bonchev–Trinajstić information content (AvgIpc) is 2.45. The summed E-state index contributed by atoms with van der Waals surface area (Å²) in [6.45, 7) is 1.63. The van der Waals surface area contributed by atoms with Crippen LogP contribution in [0.25, 0.3) is 0 Å². The van der Waals surface area contributed by atoms with E-state index in [1.165, 1.54) is 17.2 Å². The highest BCUT2D eigenvalue weighted by atomic mass is 16.2. The van der Waals surface area contributed by atoms with Crippen molar-refractivity contribution in [2.24, 2.45) is 0 Å². The van der Waals surface area contributed by atoms with Gasteiger partial charge in [0.25, 0.3) is 5.91 Å². The van der Waals surface area contributed by atoms with Crippen LogP contribution in [0.1, 0.15) is 16.1 Å². The van der Waals surface area contributed by atoms with Crippen molar-refractivity contribution in [1.29, 1.82) is 0 Å². The predicted octanol–water partition coefficient (Wildman–Crippen LogP) is 1.28. The standard InChI is InChI=1S/C15H13N3O3/c1-9-6-13(19)10(7-16-9)15(21)18-8-14(20)17-11-4-2-3-5-12(11)18/h2-7H,8H2,1H3,(H,16,19)(H,17,20). The second-order valence-electron chi connectivity index (χ2n) is 4.85. The quantitative estimate of drug-likeness (QED) is 0.827. The number of nitrogens with one attached hydrogen (secondary N) is 2. The fourth-order valence-corrected chi connectivity index (χ4v) is 2.30. The minimum absolute atomic E-state index is 0.0186. The summed E-state index contributed by atoms with van der Waals surface area (Å²) in [4.78, 5) is 40.4. The number of benzene rings is 1. The van der Waals surface area contributed by atoms with E-state index in [4.69, 9.17) is 0 Å². The minimum Gasteiger partial charge on any atom is -0.364 e. The first-order valence-electron chi connectivity index (χ1n) is 6.46. The van der Waals surface area contributed by atoms with E-state index in [2.05, 4.69) is 10.3 Å². The van der Waals surface area contributed by atoms with E-state index < -0.39 is 5.91 Å². The van der Waals surface area contributed by atoms with Gasteiger partial charge in [-0.2, -0.15) is 0 Å². The number of hydrogen-bond donors (Lipinski definition) is 2. The Bertz CT molecular complexity index is 795. The number of aromatic nitrogens is 1. The summed E-state index contributed by atoms with van der Waals surface area (Å²) in [5.74, 6) is -0.774. The Balaban J connectivity index is 2.06. The summed E-state index contributed by atoms with van der Waals surface area (Å²) in [5, 5.41) is 2.70. The third-order valence-electron chi connectivity index (χ3n) is 3.30. The van der Waals surface area contributed by atoms with Gasteiger partial charge in [-0.15, -0.1) is 0 Å². The van der Waals surface area contributed by atoms with Gasteiger partial charge in [0.05, 0.1) is 11.4 Å². The van der Waals surface area contributed by atoms with Gasteiger partial charge < -0.3 is 10.3 Å². The Hall–Kier alpha value is -2.89. The highest BCUT2D eigenvalue weighted by molar-refractivity contribution is 6.14. The Kier molecular flexibility index (Phi) is 3.06. The first-order chi connectivity index (χ1) is 10.1. The Labute approximate surface area is 120 Å². The molecule has 0 saturated heterocycles. The number of pyridine rings is 1. The lowest BCUT2D eigenvalue weighted by molar-refractivity contribution is -0.115. The predicted molar refractivity (Wildman–Crippen MR) is 78.5 cm³/mol. The second-order valence-corrected chi connectivity index (χ2v) is 4.85. The lowest BCUT2D eigenvalue weighted by Crippen LogP contribution is -2.43. The number of carbonyl (C=O) groups excluding carboxylic acids is 2. The first-order valence-corrected chi connectivity index (χ1v) is 6.46. The Morgan fingerprint density at radius 3 is 2.76 bits per heavy atom. The molecule has 3 rings (SSSR count). The number of fused-ring (bicyclic) bond motifs is 1. The first kappa shape index (κ1) is 13.1. The normalized spacial score (nSPS) is 13.6. The van der Waals surface area contributed by atoms with Crippen molar-refractivity contribution in [2.75, 3.05) is 16.8 Å². The Morgan fingerprint density at radius 1 is 1.24 bits per heavy atom. The fourth-order valence-electron chi connectivity index (χ4n) is 2.30. The van der Waals surface area contributed by atoms with Crippen molar-refractivity contribution in [3.8, 4) is 0 Å². The topological polar surface area (TPSA) is 82.3 Å². The van der Waals surface area contributed by atoms with Gasteiger partial charge >= 0.3 is 0 Å². The molecule has 6 heteroatoms. The number of anilines is 2. The van der Waals surface area contributed by atoms with Crippen LogP contribution in [0.15, 0.2) is 41.3 Å². The molecular weight excluding hydrogens is 270 g/mol. The molecule has 2 aromatic rings. The number of hydrogen-bond acceptors (Lipinski definition) is 3. The number of aryl methyl sites for hydroxylation is 1. The molecule has 0 fully saturated rings. The number of para-hydroxylation sites is 2. The zero-order valence-corrected chi connectivity index (χ0v) is 11.3. The van der Waals surface area contributed by atoms with Gasteiger partial charge in [-0.25, -0.2) is 0 Å². The van der Waals surface area contributed by atoms with Gasteiger partial charge in [-0.3, -0.25) is 19.3 Å². The SMILES string of the molecule is Cc1cc(=O)c(C(=O)N2CC(=O)Nc3ccccc32)c[nH]1. The van der Waals surface area contributed by atoms with Crippen LogP contribution in [0.4, 0.5) is 11.4 Å². The van der Waals surface area contributed by atoms with Crippen LogP contribution in [0.3, 0.4) is 0 Å². The molecule has 0 saturated carbocycles. The molecule has 0 aliphatic carbocycles. The molecule has 0 spiro atoms. The molecule has 106 valence electrons. The van der Waals surface area contributed by atoms with Gasteiger partial charge in [-0.1, -0.05) is 12.1 Å². The maximum Gasteiger partial charge on any atom is 0.264 e. The molecule has 6 nitrogen and oxygen atoms in total. The minimum atomic E-state index is -0.487. The van der Waals surface area contributed by atoms with Crippen LogP contribution in [-0.2, 0) is 4.79 Å². The van der Waals surface area contributed by atoms with Crippen molar-refractivity contribution in [3.05, 3.63) is 58.0 Å². The molecule has 0 unspecified atom stereocenters. The van der Waals surface area contributed by atoms with Crippen molar-refractivity contribution < 1.29 is 9.59 Å². The molecule has 1 aliphatic rings. The van der Waals surface area contributed by atoms with Crippen LogP contribution in [0.2, 0.25) is 0 Å². The lowest BCUT2D eigenvalue weighted by atomic mass is 10.1. The summed E-state index contributed by atoms with van der Waals surface area (Å²) in [7, 11) is 0. The summed E-state index contributed by atoms with van der Waals surface area (Å²) in [6.07, 6.45) is 1.38. The van der Waals surface area contributed by atoms with Crippen LogP contribution in [-0.4, -0.2) is 23.3 Å². The van der Waals surface area contributed by atoms with Gasteiger partial charge in [0.1, 0.15) is 12.1 Å². The van der Waals surface area contributed by atoms with E-state index in [1.807, 2.05) is 0 Å². The molecule has 21 heavy (non-hydrogen) atoms. The zero-order valence-electron chi connectivity index (χ0n) is 11.3. The highest BCUT2D eigenvalue weighted by Gasteiger charge is 2.28. The monoisotopic (exact) mass is 283 g/mol. The second kappa shape index (κ2) is 4.90. The van der Waals surface area contributed by atoms with E-state index in [9.17, 15) is 14.4 Å². The fraction of sp³-hybridized carbons (Fsp3) is 0.133. The largest absolute Gasteiger partial charge is 0.364 e. The number of carbonyl (C=O) groups is 2. The molecule has 1 aromatic heterocycles. The van der Waals surface area contributed by atoms with Crippen LogP contribution in [0.5, 0.6) is 0 Å². The number of aromatic amines is 1. The molecule has 0 bridgehead atoms. The van der Waals surface area contributed by atoms with E-state index in [0.717, 1.165) is 0 Å². The van der Waals surface area contributed by atoms with Gasteiger partial charge in [-0.05, 0) is 19.1 Å². The van der Waals surface area contributed by atoms with Crippen LogP contribution < -0.4 is 15.6 Å². The summed E-state index contributed by atoms with van der Waals surface area (Å²) < 4.78 is 0. The van der Waals surface area contributed by atoms with Crippen LogP contribution in [0, 0.1) is 6.92 Å². The maximum absolute atomic E-state index is 12.6. The number of amides is 2. The molecule has 2 amide bonds. The maximum atomic E-state index is 12.6. The molecule has 2 heterocycles. The number of nitrogens with zero attached hydrogens (tertiary/aromatic N) is 1. The third-order valence-corrected chi connectivity index (χ3v) is 3.30. The van der Waals surface area contributed by atoms with Crippen molar-refractivity contribution in [1.82, 2.24) is 4.98 Å². The highest BCUT2D eigenvalue weighted by Crippen LogP contribution is 2.29. The van der Waals surface area contributed by atoms with Gasteiger partial charge in [0.2, 0.25) is 5.91 Å². The lowest BCUT2D eigenvalue weighted by Gasteiger charge is -2.28. The third kappa shape index (κ3) is 2.31. The van der Waals surface area contributed by atoms with Crippen molar-refractivity contribution in [3.63, 3.8) is 0 Å². The summed E-state index contributed by atoms with van der Waals surface area (Å²) in [6, 6.07) is 8.35. The Morgan fingerprint density at radius 2 is 2.00 bits per heavy atom. The molecule has 0 radical (unpaired) electrons. The van der Waals surface area contributed by atoms with Crippen LogP contribution >= 0.6 is 0 Å². The number of H-pyrrole nitrogens is 1. The van der Waals surface area contributed by atoms with E-state index in [0.29, 0.717) is 17.1 Å². The zero-order chi connectivity index (χ0) is 15.0. The molecule has 1 aromatic carbocycles. The smallest absolute Gasteiger partial charge is 0.264 e. The molecule has 2 N–H and O–H groups in total. The van der Waals surface area contributed by atoms with E-state index in [-0.39, 0.29) is 23.4 Å². The molecule has 0 atom stereocenters. The number of rotatable bonds is 1. The van der Waals surface area contributed by atoms with Gasteiger partial charge in [0.15, 0.2) is 5.43 Å². The van der Waals surface area contributed by atoms with Crippen molar-refractivity contribution in [2.45, 2.75) is 6.92 Å². The molecular formula is C15H13N3O3. The summed E-state index contributed by atoms with van der Waals surface area (Å²) in [5.41, 5.74) is 1.48. The average molecular weight is 283 g/mol. The van der Waals surface area contributed by atoms with E-state index in [1.54, 1.807) is 31.2 Å². The molecule has 1 aliphatic heterocycles.